The van der Waals surface area contributed by atoms with Crippen molar-refractivity contribution in [2.24, 2.45) is 5.73 Å². The molecule has 2 aromatic rings. The van der Waals surface area contributed by atoms with Crippen molar-refractivity contribution in [3.8, 4) is 11.5 Å². The Bertz CT molecular complexity index is 630. The number of hydrogen-bond donors (Lipinski definition) is 2. The maximum absolute atomic E-state index is 12.1. The highest BCUT2D eigenvalue weighted by Crippen LogP contribution is 2.20. The van der Waals surface area contributed by atoms with Crippen molar-refractivity contribution in [3.63, 3.8) is 0 Å². The first-order valence-corrected chi connectivity index (χ1v) is 9.36. The molecule has 130 valence electrons. The third-order valence-corrected chi connectivity index (χ3v) is 5.17. The fraction of sp³-hybridized carbons (Fsp3) is 0.444. The average molecular weight is 347 g/mol. The molecule has 0 aliphatic carbocycles. The van der Waals surface area contributed by atoms with Crippen molar-refractivity contribution < 1.29 is 9.21 Å². The van der Waals surface area contributed by atoms with Crippen LogP contribution in [0.1, 0.15) is 32.4 Å². The van der Waals surface area contributed by atoms with Gasteiger partial charge in [0.1, 0.15) is 6.26 Å². The summed E-state index contributed by atoms with van der Waals surface area (Å²) in [6, 6.07) is 9.76. The summed E-state index contributed by atoms with van der Waals surface area (Å²) in [4.78, 5) is 16.6. The van der Waals surface area contributed by atoms with Gasteiger partial charge >= 0.3 is 0 Å². The summed E-state index contributed by atoms with van der Waals surface area (Å²) in [5, 5.41) is 3.07. The van der Waals surface area contributed by atoms with Crippen LogP contribution in [0.2, 0.25) is 0 Å². The molecule has 0 radical (unpaired) electrons. The molecule has 0 saturated carbocycles. The molecule has 0 atom stereocenters. The van der Waals surface area contributed by atoms with Gasteiger partial charge < -0.3 is 15.5 Å². The second kappa shape index (κ2) is 8.89. The van der Waals surface area contributed by atoms with Crippen LogP contribution in [0.4, 0.5) is 0 Å². The van der Waals surface area contributed by atoms with Crippen LogP contribution in [0.3, 0.4) is 0 Å². The molecular formula is C18H25N3O2S. The molecule has 1 aromatic heterocycles. The molecule has 0 aliphatic rings. The number of rotatable bonds is 9. The van der Waals surface area contributed by atoms with Gasteiger partial charge in [-0.3, -0.25) is 4.79 Å². The van der Waals surface area contributed by atoms with Crippen molar-refractivity contribution in [2.75, 3.05) is 12.3 Å². The Kier molecular flexibility index (Phi) is 6.87. The standard InChI is InChI=1S/C18H25N3O2S/c1-3-18(4-2,13-19)21-16(22)12-24-11-15-10-23-17(20-15)14-8-6-5-7-9-14/h5-10H,3-4,11-13,19H2,1-2H3,(H,21,22). The Morgan fingerprint density at radius 2 is 2.00 bits per heavy atom. The topological polar surface area (TPSA) is 81.1 Å². The SMILES string of the molecule is CCC(CC)(CN)NC(=O)CSCc1coc(-c2ccccc2)n1. The molecule has 0 spiro atoms. The molecule has 1 heterocycles. The van der Waals surface area contributed by atoms with Gasteiger partial charge in [-0.15, -0.1) is 11.8 Å². The van der Waals surface area contributed by atoms with Crippen LogP contribution in [-0.4, -0.2) is 28.7 Å². The van der Waals surface area contributed by atoms with Gasteiger partial charge in [0.15, 0.2) is 0 Å². The van der Waals surface area contributed by atoms with E-state index in [2.05, 4.69) is 10.3 Å². The fourth-order valence-electron chi connectivity index (χ4n) is 2.43. The van der Waals surface area contributed by atoms with Crippen LogP contribution in [0, 0.1) is 0 Å². The number of thioether (sulfide) groups is 1. The maximum Gasteiger partial charge on any atom is 0.230 e. The lowest BCUT2D eigenvalue weighted by molar-refractivity contribution is -0.120. The number of aromatic nitrogens is 1. The van der Waals surface area contributed by atoms with E-state index in [4.69, 9.17) is 10.2 Å². The minimum Gasteiger partial charge on any atom is -0.444 e. The van der Waals surface area contributed by atoms with E-state index in [0.29, 0.717) is 23.9 Å². The summed E-state index contributed by atoms with van der Waals surface area (Å²) in [6.45, 7) is 4.55. The number of nitrogens with one attached hydrogen (secondary N) is 1. The first-order chi connectivity index (χ1) is 11.6. The Morgan fingerprint density at radius 3 is 2.62 bits per heavy atom. The second-order valence-electron chi connectivity index (χ2n) is 5.74. The first-order valence-electron chi connectivity index (χ1n) is 8.21. The van der Waals surface area contributed by atoms with Gasteiger partial charge in [0.2, 0.25) is 11.8 Å². The maximum atomic E-state index is 12.1. The lowest BCUT2D eigenvalue weighted by atomic mass is 9.93. The Balaban J connectivity index is 1.82. The molecule has 24 heavy (non-hydrogen) atoms. The van der Waals surface area contributed by atoms with E-state index in [-0.39, 0.29) is 11.4 Å². The van der Waals surface area contributed by atoms with Gasteiger partial charge in [0.25, 0.3) is 0 Å². The largest absolute Gasteiger partial charge is 0.444 e. The normalized spacial score (nSPS) is 11.5. The van der Waals surface area contributed by atoms with Crippen molar-refractivity contribution in [1.29, 1.82) is 0 Å². The summed E-state index contributed by atoms with van der Waals surface area (Å²) >= 11 is 1.52. The third kappa shape index (κ3) is 4.85. The van der Waals surface area contributed by atoms with E-state index in [1.54, 1.807) is 6.26 Å². The first kappa shape index (κ1) is 18.5. The van der Waals surface area contributed by atoms with Gasteiger partial charge in [-0.1, -0.05) is 32.0 Å². The lowest BCUT2D eigenvalue weighted by Crippen LogP contribution is -2.53. The highest BCUT2D eigenvalue weighted by atomic mass is 32.2. The van der Waals surface area contributed by atoms with Crippen LogP contribution in [-0.2, 0) is 10.5 Å². The van der Waals surface area contributed by atoms with Crippen molar-refractivity contribution >= 4 is 17.7 Å². The van der Waals surface area contributed by atoms with E-state index >= 15 is 0 Å². The Hall–Kier alpha value is -1.79. The molecule has 5 nitrogen and oxygen atoms in total. The third-order valence-electron chi connectivity index (χ3n) is 4.20. The summed E-state index contributed by atoms with van der Waals surface area (Å²) in [7, 11) is 0. The quantitative estimate of drug-likeness (QED) is 0.728. The molecular weight excluding hydrogens is 322 g/mol. The van der Waals surface area contributed by atoms with Crippen LogP contribution in [0.15, 0.2) is 41.0 Å². The van der Waals surface area contributed by atoms with Crippen LogP contribution < -0.4 is 11.1 Å². The number of hydrogen-bond acceptors (Lipinski definition) is 5. The van der Waals surface area contributed by atoms with Gasteiger partial charge in [0, 0.05) is 17.9 Å². The van der Waals surface area contributed by atoms with Gasteiger partial charge in [-0.25, -0.2) is 4.98 Å². The molecule has 0 fully saturated rings. The monoisotopic (exact) mass is 347 g/mol. The van der Waals surface area contributed by atoms with E-state index in [0.717, 1.165) is 24.1 Å². The Labute approximate surface area is 147 Å². The number of nitrogens with zero attached hydrogens (tertiary/aromatic N) is 1. The number of benzene rings is 1. The number of nitrogens with two attached hydrogens (primary N) is 1. The lowest BCUT2D eigenvalue weighted by Gasteiger charge is -2.31. The van der Waals surface area contributed by atoms with Crippen LogP contribution >= 0.6 is 11.8 Å². The summed E-state index contributed by atoms with van der Waals surface area (Å²) in [6.07, 6.45) is 3.32. The van der Waals surface area contributed by atoms with Gasteiger partial charge in [-0.2, -0.15) is 0 Å². The molecule has 0 aliphatic heterocycles. The van der Waals surface area contributed by atoms with E-state index in [1.165, 1.54) is 11.8 Å². The number of carbonyl (C=O) groups is 1. The second-order valence-corrected chi connectivity index (χ2v) is 6.73. The predicted octanol–water partition coefficient (Wildman–Crippen LogP) is 3.21. The van der Waals surface area contributed by atoms with Crippen LogP contribution in [0.25, 0.3) is 11.5 Å². The van der Waals surface area contributed by atoms with E-state index in [1.807, 2.05) is 44.2 Å². The molecule has 1 amide bonds. The zero-order valence-corrected chi connectivity index (χ0v) is 15.1. The van der Waals surface area contributed by atoms with E-state index < -0.39 is 0 Å². The average Bonchev–Trinajstić information content (AvgIpc) is 3.09. The summed E-state index contributed by atoms with van der Waals surface area (Å²) < 4.78 is 5.50. The van der Waals surface area contributed by atoms with Crippen molar-refractivity contribution in [3.05, 3.63) is 42.3 Å². The summed E-state index contributed by atoms with van der Waals surface area (Å²) in [5.74, 6) is 1.64. The Morgan fingerprint density at radius 1 is 1.29 bits per heavy atom. The molecule has 1 aromatic carbocycles. The molecule has 3 N–H and O–H groups in total. The van der Waals surface area contributed by atoms with E-state index in [9.17, 15) is 4.79 Å². The predicted molar refractivity (Wildman–Crippen MR) is 98.6 cm³/mol. The zero-order valence-electron chi connectivity index (χ0n) is 14.2. The number of amides is 1. The van der Waals surface area contributed by atoms with Crippen molar-refractivity contribution in [1.82, 2.24) is 10.3 Å². The van der Waals surface area contributed by atoms with Gasteiger partial charge in [-0.05, 0) is 25.0 Å². The molecule has 2 rings (SSSR count). The number of oxazole rings is 1. The molecule has 6 heteroatoms. The summed E-state index contributed by atoms with van der Waals surface area (Å²) in [5.41, 5.74) is 7.31. The van der Waals surface area contributed by atoms with Crippen LogP contribution in [0.5, 0.6) is 0 Å². The number of carbonyl (C=O) groups excluding carboxylic acids is 1. The minimum absolute atomic E-state index is 0.0147. The molecule has 0 unspecified atom stereocenters. The smallest absolute Gasteiger partial charge is 0.230 e. The highest BCUT2D eigenvalue weighted by molar-refractivity contribution is 7.99. The van der Waals surface area contributed by atoms with Gasteiger partial charge in [0.05, 0.1) is 17.0 Å². The zero-order chi connectivity index (χ0) is 17.4. The highest BCUT2D eigenvalue weighted by Gasteiger charge is 2.25. The molecule has 0 saturated heterocycles. The molecule has 0 bridgehead atoms. The van der Waals surface area contributed by atoms with Crippen molar-refractivity contribution in [2.45, 2.75) is 38.0 Å². The fourth-order valence-corrected chi connectivity index (χ4v) is 3.13. The minimum atomic E-state index is -0.286.